The normalized spacial score (nSPS) is 18.4. The number of nitrogens with one attached hydrogen (secondary N) is 3. The summed E-state index contributed by atoms with van der Waals surface area (Å²) >= 11 is 0. The topological polar surface area (TPSA) is 98.8 Å². The Hall–Kier alpha value is -3.99. The van der Waals surface area contributed by atoms with Crippen LogP contribution in [0.15, 0.2) is 60.9 Å². The van der Waals surface area contributed by atoms with Gasteiger partial charge in [-0.1, -0.05) is 30.3 Å². The number of hydrogen-bond acceptors (Lipinski definition) is 5. The number of aromatic amines is 1. The van der Waals surface area contributed by atoms with Gasteiger partial charge in [0.05, 0.1) is 18.1 Å². The summed E-state index contributed by atoms with van der Waals surface area (Å²) in [4.78, 5) is 22.7. The molecular weight excluding hydrogens is 471 g/mol. The van der Waals surface area contributed by atoms with E-state index in [1.807, 2.05) is 49.4 Å². The number of alkyl halides is 3. The summed E-state index contributed by atoms with van der Waals surface area (Å²) in [5.41, 5.74) is 4.04. The number of carbonyl (C=O) groups excluding carboxylic acids is 1. The molecule has 0 spiro atoms. The van der Waals surface area contributed by atoms with Crippen molar-refractivity contribution in [2.24, 2.45) is 0 Å². The number of hydrogen-bond donors (Lipinski definition) is 3. The molecule has 0 radical (unpaired) electrons. The van der Waals surface area contributed by atoms with E-state index >= 15 is 0 Å². The van der Waals surface area contributed by atoms with Crippen molar-refractivity contribution in [3.05, 3.63) is 72.2 Å². The van der Waals surface area contributed by atoms with Gasteiger partial charge in [-0.25, -0.2) is 9.78 Å². The Morgan fingerprint density at radius 1 is 1.14 bits per heavy atom. The molecule has 1 aliphatic heterocycles. The number of H-pyrrole nitrogens is 1. The highest BCUT2D eigenvalue weighted by Crippen LogP contribution is 2.30. The van der Waals surface area contributed by atoms with Crippen molar-refractivity contribution >= 4 is 22.8 Å². The number of amides is 2. The third kappa shape index (κ3) is 5.30. The van der Waals surface area contributed by atoms with E-state index in [0.717, 1.165) is 27.9 Å². The number of anilines is 1. The van der Waals surface area contributed by atoms with Crippen LogP contribution in [-0.2, 0) is 0 Å². The lowest BCUT2D eigenvalue weighted by Crippen LogP contribution is -2.43. The molecule has 2 atom stereocenters. The van der Waals surface area contributed by atoms with Crippen LogP contribution >= 0.6 is 0 Å². The molecule has 3 aromatic heterocycles. The highest BCUT2D eigenvalue weighted by atomic mass is 19.4. The van der Waals surface area contributed by atoms with Crippen LogP contribution in [0.2, 0.25) is 0 Å². The molecule has 5 rings (SSSR count). The van der Waals surface area contributed by atoms with Gasteiger partial charge in [-0.3, -0.25) is 20.3 Å². The standard InChI is InChI=1S/C25H24F3N7O/c1-15-9-17(7-8-29-15)23-18-11-30-22(10-20(18)33-34-23)32-24(36)31-21-13-35(14-25(26,27)28)12-19(21)16-5-3-2-4-6-16/h2-11,19,21H,12-14H2,1H3,(H,33,34)(H2,30,31,32,36)/t19-,21+/m0/s1. The van der Waals surface area contributed by atoms with Crippen LogP contribution in [0.25, 0.3) is 22.2 Å². The van der Waals surface area contributed by atoms with Crippen molar-refractivity contribution < 1.29 is 18.0 Å². The van der Waals surface area contributed by atoms with Gasteiger partial charge in [0.1, 0.15) is 11.5 Å². The third-order valence-electron chi connectivity index (χ3n) is 6.20. The zero-order chi connectivity index (χ0) is 25.3. The minimum absolute atomic E-state index is 0.0915. The first-order chi connectivity index (χ1) is 17.2. The largest absolute Gasteiger partial charge is 0.401 e. The molecule has 0 bridgehead atoms. The summed E-state index contributed by atoms with van der Waals surface area (Å²) in [6.07, 6.45) is -0.983. The van der Waals surface area contributed by atoms with Gasteiger partial charge in [0.2, 0.25) is 0 Å². The average molecular weight is 496 g/mol. The number of rotatable bonds is 5. The molecule has 11 heteroatoms. The quantitative estimate of drug-likeness (QED) is 0.379. The molecule has 1 aromatic carbocycles. The fraction of sp³-hybridized carbons (Fsp3) is 0.280. The molecule has 0 aliphatic carbocycles. The number of carbonyl (C=O) groups is 1. The van der Waals surface area contributed by atoms with Crippen molar-refractivity contribution in [2.75, 3.05) is 25.0 Å². The molecule has 0 unspecified atom stereocenters. The second-order valence-corrected chi connectivity index (χ2v) is 8.90. The first-order valence-electron chi connectivity index (χ1n) is 11.4. The van der Waals surface area contributed by atoms with Crippen molar-refractivity contribution in [1.82, 2.24) is 30.4 Å². The summed E-state index contributed by atoms with van der Waals surface area (Å²) in [6.45, 7) is 1.16. The molecule has 0 saturated carbocycles. The Bertz CT molecular complexity index is 1370. The SMILES string of the molecule is Cc1cc(-c2n[nH]c3cc(NC(=O)N[C@@H]4CN(CC(F)(F)F)C[C@H]4c4ccccc4)ncc23)ccn1. The van der Waals surface area contributed by atoms with Crippen LogP contribution in [0.3, 0.4) is 0 Å². The van der Waals surface area contributed by atoms with Crippen molar-refractivity contribution in [2.45, 2.75) is 25.1 Å². The zero-order valence-electron chi connectivity index (χ0n) is 19.4. The minimum Gasteiger partial charge on any atom is -0.333 e. The van der Waals surface area contributed by atoms with Gasteiger partial charge in [-0.2, -0.15) is 18.3 Å². The number of pyridine rings is 2. The molecule has 2 amide bonds. The smallest absolute Gasteiger partial charge is 0.333 e. The lowest BCUT2D eigenvalue weighted by molar-refractivity contribution is -0.143. The average Bonchev–Trinajstić information content (AvgIpc) is 3.42. The highest BCUT2D eigenvalue weighted by molar-refractivity contribution is 5.95. The molecule has 4 heterocycles. The van der Waals surface area contributed by atoms with E-state index in [1.54, 1.807) is 18.5 Å². The maximum Gasteiger partial charge on any atom is 0.401 e. The highest BCUT2D eigenvalue weighted by Gasteiger charge is 2.40. The van der Waals surface area contributed by atoms with Gasteiger partial charge < -0.3 is 5.32 Å². The van der Waals surface area contributed by atoms with Gasteiger partial charge in [-0.15, -0.1) is 0 Å². The van der Waals surface area contributed by atoms with Crippen LogP contribution < -0.4 is 10.6 Å². The van der Waals surface area contributed by atoms with Crippen LogP contribution in [0.1, 0.15) is 17.2 Å². The number of urea groups is 1. The van der Waals surface area contributed by atoms with E-state index in [2.05, 4.69) is 30.8 Å². The molecule has 4 aromatic rings. The summed E-state index contributed by atoms with van der Waals surface area (Å²) in [5, 5.41) is 13.7. The number of likely N-dealkylation sites (tertiary alicyclic amines) is 1. The minimum atomic E-state index is -4.31. The van der Waals surface area contributed by atoms with Crippen molar-refractivity contribution in [3.63, 3.8) is 0 Å². The predicted octanol–water partition coefficient (Wildman–Crippen LogP) is 4.48. The van der Waals surface area contributed by atoms with Gasteiger partial charge >= 0.3 is 12.2 Å². The van der Waals surface area contributed by atoms with Gasteiger partial charge in [0, 0.05) is 54.1 Å². The number of fused-ring (bicyclic) bond motifs is 1. The number of benzene rings is 1. The Morgan fingerprint density at radius 3 is 2.69 bits per heavy atom. The monoisotopic (exact) mass is 495 g/mol. The zero-order valence-corrected chi connectivity index (χ0v) is 19.4. The molecule has 186 valence electrons. The summed E-state index contributed by atoms with van der Waals surface area (Å²) in [6, 6.07) is 13.7. The molecule has 1 saturated heterocycles. The Kier molecular flexibility index (Phi) is 6.31. The second kappa shape index (κ2) is 9.57. The number of halogens is 3. The molecule has 1 aliphatic rings. The fourth-order valence-electron chi connectivity index (χ4n) is 4.67. The van der Waals surface area contributed by atoms with Crippen molar-refractivity contribution in [1.29, 1.82) is 0 Å². The lowest BCUT2D eigenvalue weighted by Gasteiger charge is -2.20. The second-order valence-electron chi connectivity index (χ2n) is 8.90. The lowest BCUT2D eigenvalue weighted by atomic mass is 9.94. The van der Waals surface area contributed by atoms with E-state index in [1.165, 1.54) is 4.90 Å². The summed E-state index contributed by atoms with van der Waals surface area (Å²) in [5.74, 6) is 0.0243. The molecule has 3 N–H and O–H groups in total. The van der Waals surface area contributed by atoms with Crippen LogP contribution in [0.5, 0.6) is 0 Å². The molecule has 36 heavy (non-hydrogen) atoms. The van der Waals surface area contributed by atoms with Gasteiger partial charge in [0.25, 0.3) is 0 Å². The first kappa shape index (κ1) is 23.7. The first-order valence-corrected chi connectivity index (χ1v) is 11.4. The van der Waals surface area contributed by atoms with Crippen molar-refractivity contribution in [3.8, 4) is 11.3 Å². The predicted molar refractivity (Wildman–Crippen MR) is 129 cm³/mol. The van der Waals surface area contributed by atoms with Crippen LogP contribution in [0.4, 0.5) is 23.8 Å². The van der Waals surface area contributed by atoms with E-state index in [4.69, 9.17) is 0 Å². The maximum atomic E-state index is 13.0. The fourth-order valence-corrected chi connectivity index (χ4v) is 4.67. The molecule has 8 nitrogen and oxygen atoms in total. The maximum absolute atomic E-state index is 13.0. The third-order valence-corrected chi connectivity index (χ3v) is 6.20. The van der Waals surface area contributed by atoms with E-state index in [9.17, 15) is 18.0 Å². The Balaban J connectivity index is 1.30. The van der Waals surface area contributed by atoms with Crippen LogP contribution in [-0.4, -0.2) is 62.9 Å². The van der Waals surface area contributed by atoms with Gasteiger partial charge in [-0.05, 0) is 24.6 Å². The van der Waals surface area contributed by atoms with E-state index < -0.39 is 24.8 Å². The summed E-state index contributed by atoms with van der Waals surface area (Å²) in [7, 11) is 0. The van der Waals surface area contributed by atoms with Crippen LogP contribution in [0, 0.1) is 6.92 Å². The van der Waals surface area contributed by atoms with Gasteiger partial charge in [0.15, 0.2) is 0 Å². The number of aromatic nitrogens is 4. The Morgan fingerprint density at radius 2 is 1.94 bits per heavy atom. The Labute approximate surface area is 204 Å². The number of nitrogens with zero attached hydrogens (tertiary/aromatic N) is 4. The summed E-state index contributed by atoms with van der Waals surface area (Å²) < 4.78 is 39.0. The van der Waals surface area contributed by atoms with E-state index in [0.29, 0.717) is 11.3 Å². The number of aryl methyl sites for hydroxylation is 1. The molecular formula is C25H24F3N7O. The van der Waals surface area contributed by atoms with E-state index in [-0.39, 0.29) is 19.0 Å². The molecule has 1 fully saturated rings.